The molecule has 6 nitrogen and oxygen atoms in total. The van der Waals surface area contributed by atoms with Crippen molar-refractivity contribution in [1.29, 1.82) is 0 Å². The van der Waals surface area contributed by atoms with Gasteiger partial charge in [-0.15, -0.1) is 0 Å². The van der Waals surface area contributed by atoms with Crippen LogP contribution in [0.4, 0.5) is 0 Å². The number of esters is 1. The van der Waals surface area contributed by atoms with Crippen LogP contribution < -0.4 is 9.47 Å². The van der Waals surface area contributed by atoms with Crippen molar-refractivity contribution in [3.63, 3.8) is 0 Å². The molecule has 1 aliphatic heterocycles. The molecule has 1 aliphatic rings. The number of rotatable bonds is 8. The number of fused-ring (bicyclic) bond motifs is 1. The minimum Gasteiger partial charge on any atom is -0.493 e. The first kappa shape index (κ1) is 19.7. The summed E-state index contributed by atoms with van der Waals surface area (Å²) in [6.07, 6.45) is 0.925. The van der Waals surface area contributed by atoms with Crippen LogP contribution in [0.5, 0.6) is 11.5 Å². The number of carbonyl (C=O) groups excluding carboxylic acids is 2. The molecule has 3 rings (SSSR count). The minimum absolute atomic E-state index is 0.0653. The first-order valence-corrected chi connectivity index (χ1v) is 9.35. The fourth-order valence-electron chi connectivity index (χ4n) is 3.40. The number of hydrogen-bond donors (Lipinski definition) is 0. The number of benzene rings is 2. The van der Waals surface area contributed by atoms with Crippen molar-refractivity contribution < 1.29 is 23.8 Å². The third-order valence-corrected chi connectivity index (χ3v) is 4.85. The van der Waals surface area contributed by atoms with Crippen molar-refractivity contribution in [2.75, 3.05) is 20.8 Å². The average Bonchev–Trinajstić information content (AvgIpc) is 3.06. The molecule has 1 unspecified atom stereocenters. The number of amides is 1. The lowest BCUT2D eigenvalue weighted by atomic mass is 10.0. The Morgan fingerprint density at radius 3 is 2.61 bits per heavy atom. The quantitative estimate of drug-likeness (QED) is 0.650. The molecule has 28 heavy (non-hydrogen) atoms. The van der Waals surface area contributed by atoms with Gasteiger partial charge in [0.2, 0.25) is 0 Å². The molecule has 0 aliphatic carbocycles. The van der Waals surface area contributed by atoms with Crippen molar-refractivity contribution in [1.82, 2.24) is 4.90 Å². The van der Waals surface area contributed by atoms with Crippen LogP contribution in [0.15, 0.2) is 42.5 Å². The van der Waals surface area contributed by atoms with Gasteiger partial charge in [0.05, 0.1) is 33.3 Å². The first-order chi connectivity index (χ1) is 13.6. The highest BCUT2D eigenvalue weighted by atomic mass is 16.5. The molecule has 148 valence electrons. The maximum Gasteiger partial charge on any atom is 0.307 e. The molecule has 1 heterocycles. The second kappa shape index (κ2) is 8.78. The highest BCUT2D eigenvalue weighted by molar-refractivity contribution is 5.98. The molecule has 1 atom stereocenters. The van der Waals surface area contributed by atoms with Crippen LogP contribution in [0.2, 0.25) is 0 Å². The average molecular weight is 383 g/mol. The van der Waals surface area contributed by atoms with Gasteiger partial charge in [0.15, 0.2) is 11.5 Å². The van der Waals surface area contributed by atoms with E-state index in [1.165, 1.54) is 7.11 Å². The molecule has 0 N–H and O–H groups in total. The fourth-order valence-corrected chi connectivity index (χ4v) is 3.40. The van der Waals surface area contributed by atoms with E-state index in [0.717, 1.165) is 17.5 Å². The monoisotopic (exact) mass is 383 g/mol. The lowest BCUT2D eigenvalue weighted by Crippen LogP contribution is -2.31. The summed E-state index contributed by atoms with van der Waals surface area (Å²) < 4.78 is 16.1. The number of hydrogen-bond acceptors (Lipinski definition) is 5. The second-order valence-corrected chi connectivity index (χ2v) is 6.65. The van der Waals surface area contributed by atoms with Crippen LogP contribution in [0.25, 0.3) is 0 Å². The summed E-state index contributed by atoms with van der Waals surface area (Å²) >= 11 is 0. The van der Waals surface area contributed by atoms with Gasteiger partial charge in [-0.05, 0) is 35.7 Å². The lowest BCUT2D eigenvalue weighted by molar-refractivity contribution is -0.141. The first-order valence-electron chi connectivity index (χ1n) is 9.35. The molecular weight excluding hydrogens is 358 g/mol. The van der Waals surface area contributed by atoms with Crippen molar-refractivity contribution in [3.05, 3.63) is 59.2 Å². The maximum atomic E-state index is 13.0. The molecule has 6 heteroatoms. The number of nitrogens with zero attached hydrogens (tertiary/aromatic N) is 1. The predicted molar refractivity (Wildman–Crippen MR) is 104 cm³/mol. The minimum atomic E-state index is -0.456. The zero-order valence-electron chi connectivity index (χ0n) is 16.4. The van der Waals surface area contributed by atoms with Crippen molar-refractivity contribution in [2.45, 2.75) is 32.4 Å². The van der Waals surface area contributed by atoms with Crippen LogP contribution >= 0.6 is 0 Å². The van der Waals surface area contributed by atoms with Crippen LogP contribution in [-0.4, -0.2) is 37.6 Å². The predicted octanol–water partition coefficient (Wildman–Crippen LogP) is 3.74. The zero-order chi connectivity index (χ0) is 20.1. The molecule has 0 saturated carbocycles. The number of ether oxygens (including phenoxy) is 3. The number of carbonyl (C=O) groups is 2. The lowest BCUT2D eigenvalue weighted by Gasteiger charge is -2.28. The second-order valence-electron chi connectivity index (χ2n) is 6.65. The van der Waals surface area contributed by atoms with E-state index < -0.39 is 6.04 Å². The summed E-state index contributed by atoms with van der Waals surface area (Å²) in [5.41, 5.74) is 2.44. The summed E-state index contributed by atoms with van der Waals surface area (Å²) in [5, 5.41) is 0. The van der Waals surface area contributed by atoms with E-state index in [1.54, 1.807) is 18.1 Å². The molecule has 2 aromatic rings. The highest BCUT2D eigenvalue weighted by Crippen LogP contribution is 2.37. The fraction of sp³-hybridized carbons (Fsp3) is 0.364. The van der Waals surface area contributed by atoms with Crippen molar-refractivity contribution in [3.8, 4) is 11.5 Å². The molecule has 0 bridgehead atoms. The van der Waals surface area contributed by atoms with Gasteiger partial charge in [-0.25, -0.2) is 0 Å². The number of methoxy groups -OCH3 is 2. The SMILES string of the molecule is CCCOc1cc(C(CC(=O)OC)N2Cc3ccccc3C2=O)ccc1OC. The van der Waals surface area contributed by atoms with Crippen molar-refractivity contribution >= 4 is 11.9 Å². The van der Waals surface area contributed by atoms with Gasteiger partial charge in [0.1, 0.15) is 0 Å². The Kier molecular flexibility index (Phi) is 6.19. The smallest absolute Gasteiger partial charge is 0.307 e. The van der Waals surface area contributed by atoms with Gasteiger partial charge < -0.3 is 19.1 Å². The van der Waals surface area contributed by atoms with E-state index in [1.807, 2.05) is 43.3 Å². The molecular formula is C22H25NO5. The Bertz CT molecular complexity index is 864. The van der Waals surface area contributed by atoms with Crippen LogP contribution in [0.3, 0.4) is 0 Å². The third-order valence-electron chi connectivity index (χ3n) is 4.85. The molecule has 0 fully saturated rings. The van der Waals surface area contributed by atoms with E-state index in [-0.39, 0.29) is 18.3 Å². The van der Waals surface area contributed by atoms with E-state index in [2.05, 4.69) is 0 Å². The molecule has 2 aromatic carbocycles. The van der Waals surface area contributed by atoms with Gasteiger partial charge in [0, 0.05) is 12.1 Å². The normalized spacial score (nSPS) is 13.8. The van der Waals surface area contributed by atoms with Gasteiger partial charge in [-0.1, -0.05) is 31.2 Å². The van der Waals surface area contributed by atoms with E-state index >= 15 is 0 Å². The van der Waals surface area contributed by atoms with Gasteiger partial charge in [0.25, 0.3) is 5.91 Å². The largest absolute Gasteiger partial charge is 0.493 e. The summed E-state index contributed by atoms with van der Waals surface area (Å²) in [4.78, 5) is 26.8. The van der Waals surface area contributed by atoms with E-state index in [4.69, 9.17) is 14.2 Å². The van der Waals surface area contributed by atoms with Crippen LogP contribution in [-0.2, 0) is 16.1 Å². The third kappa shape index (κ3) is 3.96. The molecule has 0 aromatic heterocycles. The topological polar surface area (TPSA) is 65.1 Å². The summed E-state index contributed by atoms with van der Waals surface area (Å²) in [6.45, 7) is 3.03. The Balaban J connectivity index is 1.97. The zero-order valence-corrected chi connectivity index (χ0v) is 16.4. The van der Waals surface area contributed by atoms with Gasteiger partial charge >= 0.3 is 5.97 Å². The standard InChI is InChI=1S/C22H25NO5/c1-4-11-28-20-12-15(9-10-19(20)26-2)18(13-21(24)27-3)23-14-16-7-5-6-8-17(16)22(23)25/h5-10,12,18H,4,11,13-14H2,1-3H3. The molecule has 1 amide bonds. The summed E-state index contributed by atoms with van der Waals surface area (Å²) in [5.74, 6) is 0.753. The summed E-state index contributed by atoms with van der Waals surface area (Å²) in [7, 11) is 2.93. The molecule has 0 saturated heterocycles. The maximum absolute atomic E-state index is 13.0. The van der Waals surface area contributed by atoms with Gasteiger partial charge in [-0.3, -0.25) is 9.59 Å². The van der Waals surface area contributed by atoms with Crippen LogP contribution in [0.1, 0.15) is 47.3 Å². The Hall–Kier alpha value is -3.02. The Morgan fingerprint density at radius 1 is 1.14 bits per heavy atom. The Morgan fingerprint density at radius 2 is 1.93 bits per heavy atom. The van der Waals surface area contributed by atoms with E-state index in [0.29, 0.717) is 30.2 Å². The van der Waals surface area contributed by atoms with Gasteiger partial charge in [-0.2, -0.15) is 0 Å². The van der Waals surface area contributed by atoms with Crippen LogP contribution in [0, 0.1) is 0 Å². The van der Waals surface area contributed by atoms with Crippen molar-refractivity contribution in [2.24, 2.45) is 0 Å². The molecule has 0 radical (unpaired) electrons. The Labute approximate surface area is 165 Å². The molecule has 0 spiro atoms. The summed E-state index contributed by atoms with van der Waals surface area (Å²) in [6, 6.07) is 12.6. The van der Waals surface area contributed by atoms with E-state index in [9.17, 15) is 9.59 Å². The highest BCUT2D eigenvalue weighted by Gasteiger charge is 2.35.